The van der Waals surface area contributed by atoms with Gasteiger partial charge < -0.3 is 4.52 Å². The van der Waals surface area contributed by atoms with Crippen LogP contribution in [-0.4, -0.2) is 10.1 Å². The molecule has 1 aromatic heterocycles. The lowest BCUT2D eigenvalue weighted by molar-refractivity contribution is 0.360. The van der Waals surface area contributed by atoms with Gasteiger partial charge in [0.1, 0.15) is 0 Å². The van der Waals surface area contributed by atoms with Crippen LogP contribution in [0.1, 0.15) is 51.2 Å². The molecule has 2 fully saturated rings. The molecule has 16 heavy (non-hydrogen) atoms. The molecule has 0 spiro atoms. The highest BCUT2D eigenvalue weighted by molar-refractivity contribution is 5.27. The van der Waals surface area contributed by atoms with Crippen molar-refractivity contribution in [3.63, 3.8) is 0 Å². The monoisotopic (exact) mass is 217 g/mol. The summed E-state index contributed by atoms with van der Waals surface area (Å²) in [4.78, 5) is 4.47. The van der Waals surface area contributed by atoms with Crippen LogP contribution in [0.5, 0.6) is 0 Å². The van der Waals surface area contributed by atoms with Crippen LogP contribution in [0.3, 0.4) is 0 Å². The Morgan fingerprint density at radius 1 is 1.38 bits per heavy atom. The van der Waals surface area contributed by atoms with Crippen LogP contribution in [0.4, 0.5) is 0 Å². The molecule has 4 nitrogen and oxygen atoms in total. The van der Waals surface area contributed by atoms with Crippen molar-refractivity contribution in [1.29, 1.82) is 5.26 Å². The fourth-order valence-corrected chi connectivity index (χ4v) is 2.36. The summed E-state index contributed by atoms with van der Waals surface area (Å²) in [5, 5.41) is 13.1. The molecular formula is C12H15N3O. The van der Waals surface area contributed by atoms with Crippen molar-refractivity contribution in [2.75, 3.05) is 0 Å². The van der Waals surface area contributed by atoms with Crippen molar-refractivity contribution in [3.05, 3.63) is 11.7 Å². The molecule has 2 aliphatic carbocycles. The molecule has 4 heteroatoms. The largest absolute Gasteiger partial charge is 0.339 e. The zero-order valence-corrected chi connectivity index (χ0v) is 9.82. The lowest BCUT2D eigenvalue weighted by atomic mass is 10.1. The minimum absolute atomic E-state index is 0.0109. The molecule has 2 saturated carbocycles. The zero-order valence-electron chi connectivity index (χ0n) is 9.82. The maximum Gasteiger partial charge on any atom is 0.231 e. The second-order valence-electron chi connectivity index (χ2n) is 5.92. The molecule has 1 heterocycles. The van der Waals surface area contributed by atoms with Gasteiger partial charge in [-0.15, -0.1) is 0 Å². The molecule has 2 aliphatic rings. The van der Waals surface area contributed by atoms with Gasteiger partial charge in [0.2, 0.25) is 5.89 Å². The summed E-state index contributed by atoms with van der Waals surface area (Å²) in [5.74, 6) is 1.62. The second-order valence-corrected chi connectivity index (χ2v) is 5.92. The molecule has 0 bridgehead atoms. The molecule has 2 atom stereocenters. The lowest BCUT2D eigenvalue weighted by Gasteiger charge is -1.97. The van der Waals surface area contributed by atoms with Crippen molar-refractivity contribution >= 4 is 0 Å². The molecule has 1 aromatic rings. The Morgan fingerprint density at radius 3 is 2.56 bits per heavy atom. The van der Waals surface area contributed by atoms with Crippen LogP contribution in [0, 0.1) is 22.7 Å². The van der Waals surface area contributed by atoms with Gasteiger partial charge in [0.25, 0.3) is 0 Å². The fourth-order valence-electron chi connectivity index (χ4n) is 2.36. The van der Waals surface area contributed by atoms with Crippen LogP contribution in [0.15, 0.2) is 4.52 Å². The third kappa shape index (κ3) is 1.14. The van der Waals surface area contributed by atoms with E-state index in [-0.39, 0.29) is 22.7 Å². The minimum Gasteiger partial charge on any atom is -0.339 e. The van der Waals surface area contributed by atoms with E-state index >= 15 is 0 Å². The standard InChI is InChI=1S/C12H15N3O/c1-11(2)7(6-13)8(11)9-14-10(15-16-9)12(3)4-5-12/h7-8H,4-5H2,1-3H3. The van der Waals surface area contributed by atoms with E-state index in [9.17, 15) is 0 Å². The van der Waals surface area contributed by atoms with Gasteiger partial charge in [-0.3, -0.25) is 0 Å². The zero-order chi connectivity index (χ0) is 11.6. The predicted octanol–water partition coefficient (Wildman–Crippen LogP) is 2.38. The summed E-state index contributed by atoms with van der Waals surface area (Å²) >= 11 is 0. The average molecular weight is 217 g/mol. The molecule has 0 saturated heterocycles. The van der Waals surface area contributed by atoms with E-state index < -0.39 is 0 Å². The Kier molecular flexibility index (Phi) is 1.63. The molecule has 0 aromatic carbocycles. The van der Waals surface area contributed by atoms with E-state index in [2.05, 4.69) is 37.0 Å². The molecule has 3 rings (SSSR count). The maximum absolute atomic E-state index is 9.01. The van der Waals surface area contributed by atoms with Crippen molar-refractivity contribution in [2.24, 2.45) is 11.3 Å². The molecule has 0 aliphatic heterocycles. The third-order valence-corrected chi connectivity index (χ3v) is 4.21. The Labute approximate surface area is 94.6 Å². The molecule has 0 N–H and O–H groups in total. The highest BCUT2D eigenvalue weighted by Gasteiger charge is 2.62. The highest BCUT2D eigenvalue weighted by Crippen LogP contribution is 2.63. The van der Waals surface area contributed by atoms with Crippen molar-refractivity contribution in [2.45, 2.75) is 44.9 Å². The van der Waals surface area contributed by atoms with Gasteiger partial charge >= 0.3 is 0 Å². The summed E-state index contributed by atoms with van der Waals surface area (Å²) in [6.07, 6.45) is 2.28. The molecule has 0 radical (unpaired) electrons. The van der Waals surface area contributed by atoms with Gasteiger partial charge in [-0.25, -0.2) is 0 Å². The summed E-state index contributed by atoms with van der Waals surface area (Å²) < 4.78 is 5.31. The third-order valence-electron chi connectivity index (χ3n) is 4.21. The number of hydrogen-bond donors (Lipinski definition) is 0. The first kappa shape index (κ1) is 9.83. The van der Waals surface area contributed by atoms with Crippen molar-refractivity contribution in [1.82, 2.24) is 10.1 Å². The van der Waals surface area contributed by atoms with Crippen LogP contribution in [0.2, 0.25) is 0 Å². The average Bonchev–Trinajstić information content (AvgIpc) is 3.01. The van der Waals surface area contributed by atoms with Gasteiger partial charge in [0.05, 0.1) is 17.9 Å². The first-order valence-electron chi connectivity index (χ1n) is 5.73. The Bertz CT molecular complexity index is 479. The lowest BCUT2D eigenvalue weighted by Crippen LogP contribution is -2.02. The predicted molar refractivity (Wildman–Crippen MR) is 56.5 cm³/mol. The summed E-state index contributed by atoms with van der Waals surface area (Å²) in [6.45, 7) is 6.31. The Morgan fingerprint density at radius 2 is 2.06 bits per heavy atom. The highest BCUT2D eigenvalue weighted by atomic mass is 16.5. The van der Waals surface area contributed by atoms with E-state index in [1.54, 1.807) is 0 Å². The Hall–Kier alpha value is -1.37. The molecular weight excluding hydrogens is 202 g/mol. The van der Waals surface area contributed by atoms with E-state index in [1.165, 1.54) is 0 Å². The normalized spacial score (nSPS) is 33.1. The summed E-state index contributed by atoms with van der Waals surface area (Å²) in [7, 11) is 0. The SMILES string of the molecule is CC1(c2noc(C3C(C#N)C3(C)C)n2)CC1. The van der Waals surface area contributed by atoms with Crippen LogP contribution in [0.25, 0.3) is 0 Å². The van der Waals surface area contributed by atoms with Gasteiger partial charge in [-0.1, -0.05) is 25.9 Å². The van der Waals surface area contributed by atoms with Crippen molar-refractivity contribution in [3.8, 4) is 6.07 Å². The summed E-state index contributed by atoms with van der Waals surface area (Å²) in [6, 6.07) is 2.31. The minimum atomic E-state index is -0.0109. The van der Waals surface area contributed by atoms with Crippen LogP contribution < -0.4 is 0 Å². The first-order valence-corrected chi connectivity index (χ1v) is 5.73. The number of aromatic nitrogens is 2. The number of rotatable bonds is 2. The first-order chi connectivity index (χ1) is 7.49. The van der Waals surface area contributed by atoms with Gasteiger partial charge in [0.15, 0.2) is 5.82 Å². The van der Waals surface area contributed by atoms with Crippen molar-refractivity contribution < 1.29 is 4.52 Å². The van der Waals surface area contributed by atoms with E-state index in [0.717, 1.165) is 18.7 Å². The van der Waals surface area contributed by atoms with Gasteiger partial charge in [0, 0.05) is 5.41 Å². The number of hydrogen-bond acceptors (Lipinski definition) is 4. The van der Waals surface area contributed by atoms with Gasteiger partial charge in [-0.05, 0) is 18.3 Å². The molecule has 2 unspecified atom stereocenters. The number of nitrogens with zero attached hydrogens (tertiary/aromatic N) is 3. The van der Waals surface area contributed by atoms with Crippen LogP contribution in [-0.2, 0) is 5.41 Å². The quantitative estimate of drug-likeness (QED) is 0.763. The van der Waals surface area contributed by atoms with Crippen LogP contribution >= 0.6 is 0 Å². The topological polar surface area (TPSA) is 62.7 Å². The fraction of sp³-hybridized carbons (Fsp3) is 0.750. The van der Waals surface area contributed by atoms with E-state index in [0.29, 0.717) is 5.89 Å². The maximum atomic E-state index is 9.01. The summed E-state index contributed by atoms with van der Waals surface area (Å²) in [5.41, 5.74) is 0.131. The van der Waals surface area contributed by atoms with E-state index in [1.807, 2.05) is 0 Å². The number of nitriles is 1. The smallest absolute Gasteiger partial charge is 0.231 e. The second kappa shape index (κ2) is 2.65. The molecule has 84 valence electrons. The van der Waals surface area contributed by atoms with E-state index in [4.69, 9.17) is 9.78 Å². The molecule has 0 amide bonds. The van der Waals surface area contributed by atoms with Gasteiger partial charge in [-0.2, -0.15) is 10.2 Å². The Balaban J connectivity index is 1.87.